The number of hydrogen-bond acceptors (Lipinski definition) is 6. The SMILES string of the molecule is Cc1cc2[nH]c(-c3c(N)c4ccsc4[nH]c3=O)nc2cc1N1CCN(C)CC1. The molecule has 0 aliphatic carbocycles. The number of aromatic amines is 2. The lowest BCUT2D eigenvalue weighted by Crippen LogP contribution is -2.44. The van der Waals surface area contributed by atoms with Crippen LogP contribution >= 0.6 is 11.3 Å². The molecular formula is C20H22N6OS. The van der Waals surface area contributed by atoms with Gasteiger partial charge in [-0.3, -0.25) is 4.79 Å². The minimum atomic E-state index is -0.220. The number of nitrogens with two attached hydrogens (primary N) is 1. The molecule has 7 nitrogen and oxygen atoms in total. The standard InChI is InChI=1S/C20H22N6OS/c1-11-9-13-14(10-15(11)26-6-4-25(2)5-7-26)23-18(22-13)16-17(21)12-3-8-28-20(12)24-19(16)27/h3,8-10H,4-7H2,1-2H3,(H,22,23)(H3,21,24,27). The number of anilines is 2. The molecule has 4 aromatic rings. The summed E-state index contributed by atoms with van der Waals surface area (Å²) in [6.45, 7) is 6.22. The fraction of sp³-hybridized carbons (Fsp3) is 0.300. The topological polar surface area (TPSA) is 94.0 Å². The Morgan fingerprint density at radius 2 is 1.96 bits per heavy atom. The lowest BCUT2D eigenvalue weighted by molar-refractivity contribution is 0.313. The van der Waals surface area contributed by atoms with Crippen LogP contribution in [0.3, 0.4) is 0 Å². The van der Waals surface area contributed by atoms with Crippen LogP contribution in [0.5, 0.6) is 0 Å². The van der Waals surface area contributed by atoms with Gasteiger partial charge in [-0.15, -0.1) is 11.3 Å². The molecule has 1 aliphatic heterocycles. The van der Waals surface area contributed by atoms with E-state index in [1.807, 2.05) is 11.4 Å². The highest BCUT2D eigenvalue weighted by Crippen LogP contribution is 2.32. The van der Waals surface area contributed by atoms with Gasteiger partial charge >= 0.3 is 0 Å². The molecule has 0 radical (unpaired) electrons. The number of rotatable bonds is 2. The van der Waals surface area contributed by atoms with Crippen LogP contribution in [0, 0.1) is 6.92 Å². The summed E-state index contributed by atoms with van der Waals surface area (Å²) in [6.07, 6.45) is 0. The first-order chi connectivity index (χ1) is 13.5. The summed E-state index contributed by atoms with van der Waals surface area (Å²) in [5.41, 5.74) is 11.1. The minimum absolute atomic E-state index is 0.220. The van der Waals surface area contributed by atoms with Crippen LogP contribution < -0.4 is 16.2 Å². The van der Waals surface area contributed by atoms with Gasteiger partial charge in [0.25, 0.3) is 5.56 Å². The van der Waals surface area contributed by atoms with Gasteiger partial charge in [0.15, 0.2) is 0 Å². The molecule has 4 N–H and O–H groups in total. The van der Waals surface area contributed by atoms with Crippen LogP contribution in [0.1, 0.15) is 5.56 Å². The Hall–Kier alpha value is -2.84. The molecule has 1 fully saturated rings. The Bertz CT molecular complexity index is 1250. The molecule has 0 bridgehead atoms. The van der Waals surface area contributed by atoms with Gasteiger partial charge in [0.2, 0.25) is 0 Å². The van der Waals surface area contributed by atoms with Gasteiger partial charge in [-0.2, -0.15) is 0 Å². The first-order valence-electron chi connectivity index (χ1n) is 9.34. The maximum absolute atomic E-state index is 12.6. The number of benzene rings is 1. The number of piperazine rings is 1. The van der Waals surface area contributed by atoms with Gasteiger partial charge in [-0.25, -0.2) is 4.98 Å². The molecule has 1 saturated heterocycles. The van der Waals surface area contributed by atoms with E-state index in [2.05, 4.69) is 45.9 Å². The van der Waals surface area contributed by atoms with Crippen molar-refractivity contribution in [3.05, 3.63) is 39.5 Å². The van der Waals surface area contributed by atoms with E-state index in [-0.39, 0.29) is 5.56 Å². The summed E-state index contributed by atoms with van der Waals surface area (Å²) >= 11 is 1.47. The van der Waals surface area contributed by atoms with Crippen molar-refractivity contribution in [2.75, 3.05) is 43.9 Å². The monoisotopic (exact) mass is 394 g/mol. The summed E-state index contributed by atoms with van der Waals surface area (Å²) in [6, 6.07) is 6.14. The van der Waals surface area contributed by atoms with Gasteiger partial charge in [0.05, 0.1) is 16.7 Å². The van der Waals surface area contributed by atoms with Crippen LogP contribution in [0.4, 0.5) is 11.4 Å². The lowest BCUT2D eigenvalue weighted by atomic mass is 10.1. The molecule has 1 aromatic carbocycles. The molecule has 4 heterocycles. The third-order valence-corrected chi connectivity index (χ3v) is 6.39. The maximum Gasteiger partial charge on any atom is 0.262 e. The molecule has 0 unspecified atom stereocenters. The number of aryl methyl sites for hydroxylation is 1. The summed E-state index contributed by atoms with van der Waals surface area (Å²) < 4.78 is 0. The highest BCUT2D eigenvalue weighted by Gasteiger charge is 2.20. The molecule has 8 heteroatoms. The fourth-order valence-corrected chi connectivity index (χ4v) is 4.73. The van der Waals surface area contributed by atoms with Gasteiger partial charge in [-0.1, -0.05) is 0 Å². The number of pyridine rings is 1. The van der Waals surface area contributed by atoms with E-state index < -0.39 is 0 Å². The molecule has 1 aliphatic rings. The number of aromatic nitrogens is 3. The average molecular weight is 395 g/mol. The second-order valence-corrected chi connectivity index (χ2v) is 8.35. The molecule has 5 rings (SSSR count). The van der Waals surface area contributed by atoms with Crippen molar-refractivity contribution >= 4 is 44.0 Å². The van der Waals surface area contributed by atoms with Crippen molar-refractivity contribution in [1.29, 1.82) is 0 Å². The Labute approximate surface area is 165 Å². The van der Waals surface area contributed by atoms with E-state index in [9.17, 15) is 4.79 Å². The predicted molar refractivity (Wildman–Crippen MR) is 116 cm³/mol. The maximum atomic E-state index is 12.6. The number of nitrogens with zero attached hydrogens (tertiary/aromatic N) is 3. The predicted octanol–water partition coefficient (Wildman–Crippen LogP) is 2.78. The number of H-pyrrole nitrogens is 2. The lowest BCUT2D eigenvalue weighted by Gasteiger charge is -2.34. The highest BCUT2D eigenvalue weighted by atomic mass is 32.1. The summed E-state index contributed by atoms with van der Waals surface area (Å²) in [4.78, 5) is 29.1. The van der Waals surface area contributed by atoms with E-state index >= 15 is 0 Å². The summed E-state index contributed by atoms with van der Waals surface area (Å²) in [5.74, 6) is 0.511. The molecule has 144 valence electrons. The number of likely N-dealkylation sites (N-methyl/N-ethyl adjacent to an activating group) is 1. The van der Waals surface area contributed by atoms with Gasteiger partial charge in [-0.05, 0) is 43.1 Å². The van der Waals surface area contributed by atoms with Crippen LogP contribution in [0.15, 0.2) is 28.4 Å². The van der Waals surface area contributed by atoms with E-state index in [0.717, 1.165) is 47.4 Å². The van der Waals surface area contributed by atoms with E-state index in [0.29, 0.717) is 17.1 Å². The van der Waals surface area contributed by atoms with E-state index in [1.54, 1.807) is 0 Å². The van der Waals surface area contributed by atoms with Crippen molar-refractivity contribution in [2.24, 2.45) is 0 Å². The first kappa shape index (κ1) is 17.3. The van der Waals surface area contributed by atoms with Crippen molar-refractivity contribution in [2.45, 2.75) is 6.92 Å². The van der Waals surface area contributed by atoms with Crippen LogP contribution in [0.25, 0.3) is 32.6 Å². The molecular weight excluding hydrogens is 372 g/mol. The normalized spacial score (nSPS) is 15.7. The Morgan fingerprint density at radius 1 is 1.18 bits per heavy atom. The Kier molecular flexibility index (Phi) is 3.92. The third-order valence-electron chi connectivity index (χ3n) is 5.56. The molecule has 0 amide bonds. The van der Waals surface area contributed by atoms with E-state index in [4.69, 9.17) is 10.7 Å². The molecule has 0 atom stereocenters. The molecule has 28 heavy (non-hydrogen) atoms. The number of thiophene rings is 1. The zero-order valence-corrected chi connectivity index (χ0v) is 16.7. The number of fused-ring (bicyclic) bond motifs is 2. The van der Waals surface area contributed by atoms with Crippen LogP contribution in [0.2, 0.25) is 0 Å². The van der Waals surface area contributed by atoms with Crippen molar-refractivity contribution in [3.63, 3.8) is 0 Å². The summed E-state index contributed by atoms with van der Waals surface area (Å²) in [5, 5.41) is 2.78. The molecule has 0 saturated carbocycles. The zero-order chi connectivity index (χ0) is 19.4. The fourth-order valence-electron chi connectivity index (χ4n) is 3.94. The van der Waals surface area contributed by atoms with Crippen molar-refractivity contribution in [3.8, 4) is 11.4 Å². The van der Waals surface area contributed by atoms with Crippen LogP contribution in [-0.4, -0.2) is 53.1 Å². The van der Waals surface area contributed by atoms with E-state index in [1.165, 1.54) is 22.6 Å². The highest BCUT2D eigenvalue weighted by molar-refractivity contribution is 7.16. The Morgan fingerprint density at radius 3 is 2.75 bits per heavy atom. The third kappa shape index (κ3) is 2.68. The van der Waals surface area contributed by atoms with Crippen molar-refractivity contribution in [1.82, 2.24) is 19.9 Å². The average Bonchev–Trinajstić information content (AvgIpc) is 3.28. The largest absolute Gasteiger partial charge is 0.397 e. The van der Waals surface area contributed by atoms with Gasteiger partial charge in [0, 0.05) is 37.3 Å². The molecule has 0 spiro atoms. The minimum Gasteiger partial charge on any atom is -0.397 e. The quantitative estimate of drug-likeness (QED) is 0.486. The number of nitrogen functional groups attached to an aromatic ring is 1. The van der Waals surface area contributed by atoms with Crippen LogP contribution in [-0.2, 0) is 0 Å². The van der Waals surface area contributed by atoms with Crippen molar-refractivity contribution < 1.29 is 0 Å². The first-order valence-corrected chi connectivity index (χ1v) is 10.2. The zero-order valence-electron chi connectivity index (χ0n) is 15.9. The number of imidazole rings is 1. The van der Waals surface area contributed by atoms with Gasteiger partial charge in [0.1, 0.15) is 16.2 Å². The number of hydrogen-bond donors (Lipinski definition) is 3. The Balaban J connectivity index is 1.62. The second kappa shape index (κ2) is 6.35. The second-order valence-electron chi connectivity index (χ2n) is 7.44. The van der Waals surface area contributed by atoms with Gasteiger partial charge < -0.3 is 25.5 Å². The molecule has 3 aromatic heterocycles. The number of nitrogens with one attached hydrogen (secondary N) is 2. The smallest absolute Gasteiger partial charge is 0.262 e. The summed E-state index contributed by atoms with van der Waals surface area (Å²) in [7, 11) is 2.15.